The van der Waals surface area contributed by atoms with E-state index in [0.717, 1.165) is 32.5 Å². The van der Waals surface area contributed by atoms with Crippen molar-refractivity contribution in [2.45, 2.75) is 44.3 Å². The highest BCUT2D eigenvalue weighted by Crippen LogP contribution is 2.31. The second-order valence-electron chi connectivity index (χ2n) is 7.01. The van der Waals surface area contributed by atoms with Crippen molar-refractivity contribution in [2.24, 2.45) is 0 Å². The summed E-state index contributed by atoms with van der Waals surface area (Å²) in [6.07, 6.45) is 4.62. The molecule has 0 bridgehead atoms. The third kappa shape index (κ3) is 4.81. The van der Waals surface area contributed by atoms with Gasteiger partial charge in [-0.2, -0.15) is 0 Å². The van der Waals surface area contributed by atoms with Crippen molar-refractivity contribution in [3.8, 4) is 0 Å². The molecule has 0 aliphatic carbocycles. The molecule has 0 aromatic heterocycles. The van der Waals surface area contributed by atoms with Gasteiger partial charge in [0.1, 0.15) is 6.61 Å². The summed E-state index contributed by atoms with van der Waals surface area (Å²) in [5.74, 6) is 0.130. The van der Waals surface area contributed by atoms with Gasteiger partial charge in [-0.25, -0.2) is 0 Å². The maximum absolute atomic E-state index is 12.6. The number of nitrogens with zero attached hydrogens (tertiary/aromatic N) is 2. The first-order valence-electron chi connectivity index (χ1n) is 9.43. The Hall–Kier alpha value is -1.43. The molecule has 3 rings (SSSR count). The van der Waals surface area contributed by atoms with Crippen LogP contribution in [0.4, 0.5) is 0 Å². The molecule has 138 valence electrons. The number of hydrogen-bond acceptors (Lipinski definition) is 4. The van der Waals surface area contributed by atoms with Gasteiger partial charge in [-0.15, -0.1) is 0 Å². The van der Waals surface area contributed by atoms with Gasteiger partial charge >= 0.3 is 0 Å². The summed E-state index contributed by atoms with van der Waals surface area (Å²) in [7, 11) is 1.64. The number of methoxy groups -OCH3 is 1. The van der Waals surface area contributed by atoms with Gasteiger partial charge in [0, 0.05) is 32.3 Å². The second kappa shape index (κ2) is 9.32. The van der Waals surface area contributed by atoms with Crippen LogP contribution in [0.1, 0.15) is 31.2 Å². The fourth-order valence-electron chi connectivity index (χ4n) is 4.19. The van der Waals surface area contributed by atoms with Gasteiger partial charge in [0.15, 0.2) is 0 Å². The van der Waals surface area contributed by atoms with Crippen LogP contribution in [-0.2, 0) is 20.8 Å². The van der Waals surface area contributed by atoms with Crippen molar-refractivity contribution in [3.63, 3.8) is 0 Å². The lowest BCUT2D eigenvalue weighted by Gasteiger charge is -2.35. The molecule has 2 atom stereocenters. The molecule has 0 spiro atoms. The van der Waals surface area contributed by atoms with Crippen LogP contribution in [0.3, 0.4) is 0 Å². The van der Waals surface area contributed by atoms with E-state index in [-0.39, 0.29) is 12.5 Å². The molecule has 2 saturated heterocycles. The zero-order valence-electron chi connectivity index (χ0n) is 15.2. The Bertz CT molecular complexity index is 537. The molecule has 1 aromatic rings. The summed E-state index contributed by atoms with van der Waals surface area (Å²) in [6, 6.07) is 11.5. The molecule has 2 aliphatic heterocycles. The Labute approximate surface area is 150 Å². The molecule has 2 aliphatic rings. The van der Waals surface area contributed by atoms with Crippen LogP contribution in [0.2, 0.25) is 0 Å². The Morgan fingerprint density at radius 1 is 1.08 bits per heavy atom. The van der Waals surface area contributed by atoms with Crippen LogP contribution in [0.25, 0.3) is 0 Å². The van der Waals surface area contributed by atoms with E-state index in [1.165, 1.54) is 18.4 Å². The topological polar surface area (TPSA) is 42.0 Å². The standard InChI is InChI=1S/C20H30N2O3/c1-24-13-14-25-16-20(23)22-12-6-10-19(22)18-9-5-11-21(18)15-17-7-3-2-4-8-17/h2-4,7-8,18-19H,5-6,9-16H2,1H3/t18-,19+/m1/s1. The molecule has 1 amide bonds. The smallest absolute Gasteiger partial charge is 0.248 e. The van der Waals surface area contributed by atoms with Crippen molar-refractivity contribution in [1.29, 1.82) is 0 Å². The summed E-state index contributed by atoms with van der Waals surface area (Å²) in [6.45, 7) is 4.16. The minimum Gasteiger partial charge on any atom is -0.382 e. The number of carbonyl (C=O) groups is 1. The molecular weight excluding hydrogens is 316 g/mol. The fraction of sp³-hybridized carbons (Fsp3) is 0.650. The van der Waals surface area contributed by atoms with E-state index in [4.69, 9.17) is 9.47 Å². The van der Waals surface area contributed by atoms with Gasteiger partial charge in [-0.1, -0.05) is 30.3 Å². The second-order valence-corrected chi connectivity index (χ2v) is 7.01. The molecule has 25 heavy (non-hydrogen) atoms. The number of hydrogen-bond donors (Lipinski definition) is 0. The lowest BCUT2D eigenvalue weighted by Crippen LogP contribution is -2.49. The maximum Gasteiger partial charge on any atom is 0.248 e. The van der Waals surface area contributed by atoms with Crippen LogP contribution >= 0.6 is 0 Å². The zero-order chi connectivity index (χ0) is 17.5. The summed E-state index contributed by atoms with van der Waals surface area (Å²) in [5.41, 5.74) is 1.35. The molecular formula is C20H30N2O3. The minimum absolute atomic E-state index is 0.130. The number of amides is 1. The predicted molar refractivity (Wildman–Crippen MR) is 97.3 cm³/mol. The van der Waals surface area contributed by atoms with Crippen LogP contribution in [0.15, 0.2) is 30.3 Å². The molecule has 5 nitrogen and oxygen atoms in total. The van der Waals surface area contributed by atoms with Gasteiger partial charge < -0.3 is 14.4 Å². The van der Waals surface area contributed by atoms with E-state index in [1.807, 2.05) is 0 Å². The quantitative estimate of drug-likeness (QED) is 0.678. The van der Waals surface area contributed by atoms with E-state index in [2.05, 4.69) is 40.1 Å². The molecule has 0 unspecified atom stereocenters. The van der Waals surface area contributed by atoms with Gasteiger partial charge in [0.2, 0.25) is 5.91 Å². The van der Waals surface area contributed by atoms with Gasteiger partial charge in [-0.05, 0) is 37.8 Å². The fourth-order valence-corrected chi connectivity index (χ4v) is 4.19. The lowest BCUT2D eigenvalue weighted by molar-refractivity contribution is -0.138. The van der Waals surface area contributed by atoms with Crippen molar-refractivity contribution in [3.05, 3.63) is 35.9 Å². The first kappa shape index (κ1) is 18.4. The number of ether oxygens (including phenoxy) is 2. The molecule has 0 saturated carbocycles. The third-order valence-electron chi connectivity index (χ3n) is 5.36. The number of carbonyl (C=O) groups excluding carboxylic acids is 1. The van der Waals surface area contributed by atoms with E-state index in [0.29, 0.717) is 25.3 Å². The highest BCUT2D eigenvalue weighted by molar-refractivity contribution is 5.78. The molecule has 0 N–H and O–H groups in total. The van der Waals surface area contributed by atoms with Crippen LogP contribution in [0, 0.1) is 0 Å². The van der Waals surface area contributed by atoms with E-state index >= 15 is 0 Å². The maximum atomic E-state index is 12.6. The Morgan fingerprint density at radius 2 is 1.84 bits per heavy atom. The van der Waals surface area contributed by atoms with Crippen molar-refractivity contribution in [2.75, 3.05) is 40.0 Å². The summed E-state index contributed by atoms with van der Waals surface area (Å²) >= 11 is 0. The minimum atomic E-state index is 0.130. The number of rotatable bonds is 8. The van der Waals surface area contributed by atoms with Crippen molar-refractivity contribution >= 4 is 5.91 Å². The summed E-state index contributed by atoms with van der Waals surface area (Å²) < 4.78 is 10.4. The predicted octanol–water partition coefficient (Wildman–Crippen LogP) is 2.30. The summed E-state index contributed by atoms with van der Waals surface area (Å²) in [5, 5.41) is 0. The number of likely N-dealkylation sites (tertiary alicyclic amines) is 2. The lowest BCUT2D eigenvalue weighted by atomic mass is 10.0. The van der Waals surface area contributed by atoms with Gasteiger partial charge in [-0.3, -0.25) is 9.69 Å². The first-order valence-corrected chi connectivity index (χ1v) is 9.43. The molecule has 5 heteroatoms. The first-order chi connectivity index (χ1) is 12.3. The SMILES string of the molecule is COCCOCC(=O)N1CCC[C@H]1[C@H]1CCCN1Cc1ccccc1. The van der Waals surface area contributed by atoms with E-state index < -0.39 is 0 Å². The zero-order valence-corrected chi connectivity index (χ0v) is 15.2. The highest BCUT2D eigenvalue weighted by Gasteiger charge is 2.39. The van der Waals surface area contributed by atoms with Gasteiger partial charge in [0.05, 0.1) is 13.2 Å². The monoisotopic (exact) mass is 346 g/mol. The van der Waals surface area contributed by atoms with E-state index in [9.17, 15) is 4.79 Å². The van der Waals surface area contributed by atoms with Gasteiger partial charge in [0.25, 0.3) is 0 Å². The normalized spacial score (nSPS) is 24.1. The molecule has 1 aromatic carbocycles. The third-order valence-corrected chi connectivity index (χ3v) is 5.36. The molecule has 0 radical (unpaired) electrons. The van der Waals surface area contributed by atoms with Crippen LogP contribution in [0.5, 0.6) is 0 Å². The molecule has 2 heterocycles. The largest absolute Gasteiger partial charge is 0.382 e. The molecule has 2 fully saturated rings. The summed E-state index contributed by atoms with van der Waals surface area (Å²) in [4.78, 5) is 17.2. The van der Waals surface area contributed by atoms with Crippen LogP contribution in [-0.4, -0.2) is 67.8 Å². The van der Waals surface area contributed by atoms with Crippen molar-refractivity contribution < 1.29 is 14.3 Å². The number of benzene rings is 1. The Kier molecular flexibility index (Phi) is 6.84. The Morgan fingerprint density at radius 3 is 2.64 bits per heavy atom. The average molecular weight is 346 g/mol. The average Bonchev–Trinajstić information content (AvgIpc) is 3.28. The Balaban J connectivity index is 1.57. The highest BCUT2D eigenvalue weighted by atomic mass is 16.5. The van der Waals surface area contributed by atoms with Crippen LogP contribution < -0.4 is 0 Å². The van der Waals surface area contributed by atoms with E-state index in [1.54, 1.807) is 7.11 Å². The van der Waals surface area contributed by atoms with Crippen molar-refractivity contribution in [1.82, 2.24) is 9.80 Å².